The predicted molar refractivity (Wildman–Crippen MR) is 133 cm³/mol. The van der Waals surface area contributed by atoms with Gasteiger partial charge in [-0.2, -0.15) is 0 Å². The van der Waals surface area contributed by atoms with Gasteiger partial charge in [0.2, 0.25) is 21.8 Å². The van der Waals surface area contributed by atoms with Crippen molar-refractivity contribution in [3.05, 3.63) is 64.9 Å². The van der Waals surface area contributed by atoms with Gasteiger partial charge in [-0.25, -0.2) is 12.8 Å². The summed E-state index contributed by atoms with van der Waals surface area (Å²) in [7, 11) is -3.89. The van der Waals surface area contributed by atoms with Gasteiger partial charge in [-0.3, -0.25) is 13.9 Å². The number of nitrogens with zero attached hydrogens (tertiary/aromatic N) is 2. The molecule has 0 bridgehead atoms. The first-order chi connectivity index (χ1) is 15.7. The minimum atomic E-state index is -3.89. The molecule has 1 N–H and O–H groups in total. The van der Waals surface area contributed by atoms with Crippen molar-refractivity contribution in [3.63, 3.8) is 0 Å². The van der Waals surface area contributed by atoms with Gasteiger partial charge in [-0.1, -0.05) is 36.7 Å². The number of sulfonamides is 1. The molecule has 0 fully saturated rings. The Balaban J connectivity index is 2.46. The summed E-state index contributed by atoms with van der Waals surface area (Å²) < 4.78 is 39.3. The SMILES string of the molecule is CCC(C(=O)NC(C)(C)C)N(Cc1ccccc1Cl)C(=O)CN(c1ccc(F)cc1)S(C)(=O)=O. The molecule has 0 aromatic heterocycles. The topological polar surface area (TPSA) is 86.8 Å². The molecule has 0 saturated heterocycles. The maximum Gasteiger partial charge on any atom is 0.244 e. The molecule has 186 valence electrons. The standard InChI is InChI=1S/C24H31ClFN3O4S/c1-6-21(23(31)27-24(2,3)4)28(15-17-9-7-8-10-20(17)25)22(30)16-29(34(5,32)33)19-13-11-18(26)12-14-19/h7-14,21H,6,15-16H2,1-5H3,(H,27,31). The van der Waals surface area contributed by atoms with Crippen molar-refractivity contribution in [1.29, 1.82) is 0 Å². The van der Waals surface area contributed by atoms with Gasteiger partial charge in [0, 0.05) is 17.1 Å². The third-order valence-corrected chi connectivity index (χ3v) is 6.49. The molecule has 0 heterocycles. The molecule has 2 aromatic rings. The van der Waals surface area contributed by atoms with Crippen LogP contribution in [-0.2, 0) is 26.2 Å². The Labute approximate surface area is 205 Å². The first kappa shape index (κ1) is 27.6. The lowest BCUT2D eigenvalue weighted by Crippen LogP contribution is -2.55. The number of carbonyl (C=O) groups excluding carboxylic acids is 2. The number of amides is 2. The first-order valence-electron chi connectivity index (χ1n) is 10.8. The van der Waals surface area contributed by atoms with E-state index in [1.54, 1.807) is 31.2 Å². The van der Waals surface area contributed by atoms with Crippen LogP contribution in [0.4, 0.5) is 10.1 Å². The molecule has 0 aliphatic carbocycles. The Morgan fingerprint density at radius 2 is 1.68 bits per heavy atom. The molecule has 0 aliphatic rings. The Morgan fingerprint density at radius 1 is 1.09 bits per heavy atom. The highest BCUT2D eigenvalue weighted by Crippen LogP contribution is 2.22. The van der Waals surface area contributed by atoms with E-state index in [0.717, 1.165) is 22.7 Å². The van der Waals surface area contributed by atoms with Gasteiger partial charge in [0.05, 0.1) is 11.9 Å². The molecule has 0 radical (unpaired) electrons. The first-order valence-corrected chi connectivity index (χ1v) is 13.0. The molecule has 0 spiro atoms. The normalized spacial score (nSPS) is 12.7. The molecule has 0 aliphatic heterocycles. The number of halogens is 2. The second-order valence-corrected chi connectivity index (χ2v) is 11.3. The lowest BCUT2D eigenvalue weighted by molar-refractivity contribution is -0.141. The molecule has 2 rings (SSSR count). The fourth-order valence-electron chi connectivity index (χ4n) is 3.40. The Morgan fingerprint density at radius 3 is 2.18 bits per heavy atom. The van der Waals surface area contributed by atoms with Crippen LogP contribution in [0.15, 0.2) is 48.5 Å². The Kier molecular flexibility index (Phi) is 9.08. The third-order valence-electron chi connectivity index (χ3n) is 4.98. The largest absolute Gasteiger partial charge is 0.350 e. The van der Waals surface area contributed by atoms with Gasteiger partial charge in [0.25, 0.3) is 0 Å². The molecule has 1 unspecified atom stereocenters. The molecule has 0 saturated carbocycles. The van der Waals surface area contributed by atoms with Gasteiger partial charge in [0.1, 0.15) is 18.4 Å². The molecule has 34 heavy (non-hydrogen) atoms. The van der Waals surface area contributed by atoms with Gasteiger partial charge in [0.15, 0.2) is 0 Å². The minimum absolute atomic E-state index is 0.00952. The van der Waals surface area contributed by atoms with E-state index in [1.807, 2.05) is 20.8 Å². The Hall–Kier alpha value is -2.65. The van der Waals surface area contributed by atoms with Gasteiger partial charge in [-0.05, 0) is 63.1 Å². The molecule has 7 nitrogen and oxygen atoms in total. The highest BCUT2D eigenvalue weighted by molar-refractivity contribution is 7.92. The second kappa shape index (κ2) is 11.2. The van der Waals surface area contributed by atoms with E-state index in [1.165, 1.54) is 17.0 Å². The predicted octanol–water partition coefficient (Wildman–Crippen LogP) is 3.97. The quantitative estimate of drug-likeness (QED) is 0.552. The summed E-state index contributed by atoms with van der Waals surface area (Å²) in [6, 6.07) is 10.9. The second-order valence-electron chi connectivity index (χ2n) is 9.02. The summed E-state index contributed by atoms with van der Waals surface area (Å²) in [5.74, 6) is -1.48. The van der Waals surface area contributed by atoms with Gasteiger partial charge >= 0.3 is 0 Å². The van der Waals surface area contributed by atoms with Crippen molar-refractivity contribution in [1.82, 2.24) is 10.2 Å². The smallest absolute Gasteiger partial charge is 0.244 e. The molecular formula is C24H31ClFN3O4S. The number of rotatable bonds is 9. The summed E-state index contributed by atoms with van der Waals surface area (Å²) in [5, 5.41) is 3.31. The van der Waals surface area contributed by atoms with E-state index in [9.17, 15) is 22.4 Å². The van der Waals surface area contributed by atoms with Crippen molar-refractivity contribution in [2.45, 2.75) is 52.2 Å². The summed E-state index contributed by atoms with van der Waals surface area (Å²) in [6.07, 6.45) is 1.26. The van der Waals surface area contributed by atoms with E-state index in [4.69, 9.17) is 11.6 Å². The summed E-state index contributed by atoms with van der Waals surface area (Å²) in [5.41, 5.74) is 0.227. The van der Waals surface area contributed by atoms with Crippen molar-refractivity contribution in [2.24, 2.45) is 0 Å². The van der Waals surface area contributed by atoms with Gasteiger partial charge in [-0.15, -0.1) is 0 Å². The average Bonchev–Trinajstić information content (AvgIpc) is 2.71. The molecule has 1 atom stereocenters. The van der Waals surface area contributed by atoms with E-state index in [2.05, 4.69) is 5.32 Å². The number of benzene rings is 2. The summed E-state index contributed by atoms with van der Waals surface area (Å²) >= 11 is 6.32. The number of carbonyl (C=O) groups is 2. The Bertz CT molecular complexity index is 1120. The van der Waals surface area contributed by atoms with E-state index in [-0.39, 0.29) is 18.1 Å². The van der Waals surface area contributed by atoms with Crippen LogP contribution in [0.3, 0.4) is 0 Å². The maximum atomic E-state index is 13.5. The molecule has 2 amide bonds. The van der Waals surface area contributed by atoms with Crippen LogP contribution in [0.1, 0.15) is 39.7 Å². The van der Waals surface area contributed by atoms with Crippen LogP contribution in [-0.4, -0.2) is 49.5 Å². The van der Waals surface area contributed by atoms with Crippen LogP contribution >= 0.6 is 11.6 Å². The molecule has 10 heteroatoms. The minimum Gasteiger partial charge on any atom is -0.350 e. The number of hydrogen-bond donors (Lipinski definition) is 1. The number of hydrogen-bond acceptors (Lipinski definition) is 4. The van der Waals surface area contributed by atoms with Crippen LogP contribution in [0.5, 0.6) is 0 Å². The highest BCUT2D eigenvalue weighted by atomic mass is 35.5. The van der Waals surface area contributed by atoms with Crippen LogP contribution in [0, 0.1) is 5.82 Å². The van der Waals surface area contributed by atoms with Crippen LogP contribution in [0.2, 0.25) is 5.02 Å². The zero-order valence-electron chi connectivity index (χ0n) is 20.0. The number of nitrogens with one attached hydrogen (secondary N) is 1. The fraction of sp³-hybridized carbons (Fsp3) is 0.417. The van der Waals surface area contributed by atoms with Crippen molar-refractivity contribution < 1.29 is 22.4 Å². The van der Waals surface area contributed by atoms with Crippen LogP contribution < -0.4 is 9.62 Å². The number of anilines is 1. The molecule has 2 aromatic carbocycles. The maximum absolute atomic E-state index is 13.5. The van der Waals surface area contributed by atoms with E-state index < -0.39 is 39.9 Å². The van der Waals surface area contributed by atoms with E-state index >= 15 is 0 Å². The van der Waals surface area contributed by atoms with Crippen molar-refractivity contribution in [3.8, 4) is 0 Å². The average molecular weight is 512 g/mol. The third kappa shape index (κ3) is 7.70. The highest BCUT2D eigenvalue weighted by Gasteiger charge is 2.33. The summed E-state index contributed by atoms with van der Waals surface area (Å²) in [6.45, 7) is 6.71. The zero-order valence-corrected chi connectivity index (χ0v) is 21.6. The fourth-order valence-corrected chi connectivity index (χ4v) is 4.45. The lowest BCUT2D eigenvalue weighted by Gasteiger charge is -2.34. The monoisotopic (exact) mass is 511 g/mol. The van der Waals surface area contributed by atoms with E-state index in [0.29, 0.717) is 17.0 Å². The van der Waals surface area contributed by atoms with Crippen LogP contribution in [0.25, 0.3) is 0 Å². The molecular weight excluding hydrogens is 481 g/mol. The van der Waals surface area contributed by atoms with Gasteiger partial charge < -0.3 is 10.2 Å². The lowest BCUT2D eigenvalue weighted by atomic mass is 10.1. The van der Waals surface area contributed by atoms with Crippen molar-refractivity contribution in [2.75, 3.05) is 17.1 Å². The zero-order chi connectivity index (χ0) is 25.7. The summed E-state index contributed by atoms with van der Waals surface area (Å²) in [4.78, 5) is 28.0. The van der Waals surface area contributed by atoms with Crippen molar-refractivity contribution >= 4 is 39.1 Å².